The normalized spacial score (nSPS) is 15.7. The molecule has 170 valence electrons. The maximum absolute atomic E-state index is 12.8. The SMILES string of the molecule is Cn1c(=O)c2cc(S(=O)(=O)NC3(C)CC3)ccc2n(Cc2ccc(S(C)(=O)=O)cc2)c1=O. The molecule has 0 atom stereocenters. The van der Waals surface area contributed by atoms with Crippen molar-refractivity contribution >= 4 is 30.8 Å². The van der Waals surface area contributed by atoms with Crippen LogP contribution in [0.5, 0.6) is 0 Å². The van der Waals surface area contributed by atoms with E-state index < -0.39 is 36.6 Å². The summed E-state index contributed by atoms with van der Waals surface area (Å²) in [6.07, 6.45) is 2.61. The number of aromatic nitrogens is 2. The van der Waals surface area contributed by atoms with E-state index in [2.05, 4.69) is 4.72 Å². The second-order valence-corrected chi connectivity index (χ2v) is 12.2. The Balaban J connectivity index is 1.81. The minimum absolute atomic E-state index is 0.0436. The molecular formula is C21H23N3O6S2. The van der Waals surface area contributed by atoms with Crippen molar-refractivity contribution in [3.05, 3.63) is 68.9 Å². The number of sulfone groups is 1. The monoisotopic (exact) mass is 477 g/mol. The van der Waals surface area contributed by atoms with E-state index in [0.717, 1.165) is 23.7 Å². The first-order valence-corrected chi connectivity index (χ1v) is 13.2. The molecular weight excluding hydrogens is 454 g/mol. The number of sulfonamides is 1. The van der Waals surface area contributed by atoms with E-state index in [1.807, 2.05) is 6.92 Å². The van der Waals surface area contributed by atoms with Gasteiger partial charge in [0.1, 0.15) is 0 Å². The molecule has 1 fully saturated rings. The van der Waals surface area contributed by atoms with Gasteiger partial charge in [0, 0.05) is 18.8 Å². The first-order chi connectivity index (χ1) is 14.8. The Kier molecular flexibility index (Phi) is 5.18. The highest BCUT2D eigenvalue weighted by Crippen LogP contribution is 2.36. The average Bonchev–Trinajstić information content (AvgIpc) is 3.44. The summed E-state index contributed by atoms with van der Waals surface area (Å²) in [5.74, 6) is 0. The number of hydrogen-bond donors (Lipinski definition) is 1. The van der Waals surface area contributed by atoms with Crippen molar-refractivity contribution in [2.75, 3.05) is 6.26 Å². The van der Waals surface area contributed by atoms with E-state index in [-0.39, 0.29) is 21.7 Å². The van der Waals surface area contributed by atoms with E-state index in [1.54, 1.807) is 12.1 Å². The van der Waals surface area contributed by atoms with Crippen LogP contribution in [-0.4, -0.2) is 37.8 Å². The third-order valence-corrected chi connectivity index (χ3v) is 8.46. The van der Waals surface area contributed by atoms with Crippen molar-refractivity contribution in [1.82, 2.24) is 13.9 Å². The van der Waals surface area contributed by atoms with Crippen LogP contribution >= 0.6 is 0 Å². The van der Waals surface area contributed by atoms with Gasteiger partial charge >= 0.3 is 5.69 Å². The molecule has 1 N–H and O–H groups in total. The zero-order chi connectivity index (χ0) is 23.5. The van der Waals surface area contributed by atoms with Gasteiger partial charge in [-0.1, -0.05) is 12.1 Å². The molecule has 0 amide bonds. The molecule has 0 bridgehead atoms. The highest BCUT2D eigenvalue weighted by molar-refractivity contribution is 7.90. The van der Waals surface area contributed by atoms with Crippen LogP contribution in [0.15, 0.2) is 61.8 Å². The highest BCUT2D eigenvalue weighted by atomic mass is 32.2. The molecule has 4 rings (SSSR count). The zero-order valence-corrected chi connectivity index (χ0v) is 19.5. The fraction of sp³-hybridized carbons (Fsp3) is 0.333. The van der Waals surface area contributed by atoms with Crippen LogP contribution in [0.2, 0.25) is 0 Å². The molecule has 1 saturated carbocycles. The van der Waals surface area contributed by atoms with Gasteiger partial charge in [-0.2, -0.15) is 0 Å². The van der Waals surface area contributed by atoms with Gasteiger partial charge in [-0.25, -0.2) is 26.4 Å². The smallest absolute Gasteiger partial charge is 0.289 e. The summed E-state index contributed by atoms with van der Waals surface area (Å²) in [4.78, 5) is 25.7. The summed E-state index contributed by atoms with van der Waals surface area (Å²) in [5.41, 5.74) is -0.672. The summed E-state index contributed by atoms with van der Waals surface area (Å²) in [6, 6.07) is 10.2. The van der Waals surface area contributed by atoms with Crippen molar-refractivity contribution in [3.63, 3.8) is 0 Å². The number of nitrogens with zero attached hydrogens (tertiary/aromatic N) is 2. The molecule has 1 aromatic heterocycles. The van der Waals surface area contributed by atoms with Gasteiger partial charge in [0.25, 0.3) is 5.56 Å². The van der Waals surface area contributed by atoms with Gasteiger partial charge in [-0.3, -0.25) is 13.9 Å². The number of nitrogens with one attached hydrogen (secondary N) is 1. The third-order valence-electron chi connectivity index (χ3n) is 5.69. The number of fused-ring (bicyclic) bond motifs is 1. The van der Waals surface area contributed by atoms with Crippen LogP contribution in [-0.2, 0) is 33.5 Å². The molecule has 1 aliphatic carbocycles. The van der Waals surface area contributed by atoms with E-state index >= 15 is 0 Å². The van der Waals surface area contributed by atoms with Crippen molar-refractivity contribution in [1.29, 1.82) is 0 Å². The maximum atomic E-state index is 12.8. The Morgan fingerprint density at radius 3 is 2.12 bits per heavy atom. The van der Waals surface area contributed by atoms with Gasteiger partial charge in [0.05, 0.1) is 27.2 Å². The molecule has 0 radical (unpaired) electrons. The van der Waals surface area contributed by atoms with Crippen molar-refractivity contribution < 1.29 is 16.8 Å². The predicted molar refractivity (Wildman–Crippen MR) is 120 cm³/mol. The second kappa shape index (κ2) is 7.39. The molecule has 1 heterocycles. The summed E-state index contributed by atoms with van der Waals surface area (Å²) in [5, 5.41) is 0.101. The number of benzene rings is 2. The van der Waals surface area contributed by atoms with Gasteiger partial charge in [0.2, 0.25) is 10.0 Å². The van der Waals surface area contributed by atoms with Crippen LogP contribution < -0.4 is 16.0 Å². The topological polar surface area (TPSA) is 124 Å². The van der Waals surface area contributed by atoms with E-state index in [4.69, 9.17) is 0 Å². The van der Waals surface area contributed by atoms with Crippen LogP contribution in [0, 0.1) is 0 Å². The first-order valence-electron chi connectivity index (χ1n) is 9.87. The summed E-state index contributed by atoms with van der Waals surface area (Å²) in [7, 11) is -5.84. The minimum atomic E-state index is -3.82. The second-order valence-electron chi connectivity index (χ2n) is 8.49. The first kappa shape index (κ1) is 22.4. The van der Waals surface area contributed by atoms with Crippen LogP contribution in [0.4, 0.5) is 0 Å². The Morgan fingerprint density at radius 2 is 1.56 bits per heavy atom. The zero-order valence-electron chi connectivity index (χ0n) is 17.8. The Morgan fingerprint density at radius 1 is 0.969 bits per heavy atom. The van der Waals surface area contributed by atoms with E-state index in [0.29, 0.717) is 11.1 Å². The molecule has 0 unspecified atom stereocenters. The molecule has 9 nitrogen and oxygen atoms in total. The molecule has 32 heavy (non-hydrogen) atoms. The lowest BCUT2D eigenvalue weighted by molar-refractivity contribution is 0.558. The fourth-order valence-corrected chi connectivity index (χ4v) is 5.61. The van der Waals surface area contributed by atoms with Gasteiger partial charge in [-0.15, -0.1) is 0 Å². The van der Waals surface area contributed by atoms with Gasteiger partial charge in [0.15, 0.2) is 9.84 Å². The van der Waals surface area contributed by atoms with Crippen LogP contribution in [0.25, 0.3) is 10.9 Å². The lowest BCUT2D eigenvalue weighted by Gasteiger charge is -2.15. The molecule has 0 spiro atoms. The molecule has 0 aliphatic heterocycles. The Labute approximate surface area is 185 Å². The van der Waals surface area contributed by atoms with Crippen molar-refractivity contribution in [2.45, 2.75) is 41.6 Å². The number of rotatable bonds is 6. The standard InChI is InChI=1S/C21H23N3O6S2/c1-21(10-11-21)22-32(29,30)16-8-9-18-17(12-16)19(25)23(2)20(26)24(18)13-14-4-6-15(7-5-14)31(3,27)28/h4-9,12,22H,10-11,13H2,1-3H3. The molecule has 2 aromatic carbocycles. The summed E-state index contributed by atoms with van der Waals surface area (Å²) < 4.78 is 53.8. The molecule has 0 saturated heterocycles. The van der Waals surface area contributed by atoms with Gasteiger partial charge < -0.3 is 0 Å². The minimum Gasteiger partial charge on any atom is -0.289 e. The summed E-state index contributed by atoms with van der Waals surface area (Å²) >= 11 is 0. The molecule has 3 aromatic rings. The third kappa shape index (κ3) is 4.15. The fourth-order valence-electron chi connectivity index (χ4n) is 3.49. The molecule has 1 aliphatic rings. The van der Waals surface area contributed by atoms with Gasteiger partial charge in [-0.05, 0) is 55.7 Å². The quantitative estimate of drug-likeness (QED) is 0.564. The van der Waals surface area contributed by atoms with E-state index in [9.17, 15) is 26.4 Å². The average molecular weight is 478 g/mol. The predicted octanol–water partition coefficient (Wildman–Crippen LogP) is 0.983. The largest absolute Gasteiger partial charge is 0.331 e. The van der Waals surface area contributed by atoms with Crippen molar-refractivity contribution in [3.8, 4) is 0 Å². The van der Waals surface area contributed by atoms with E-state index in [1.165, 1.54) is 41.9 Å². The van der Waals surface area contributed by atoms with Crippen molar-refractivity contribution in [2.24, 2.45) is 7.05 Å². The van der Waals surface area contributed by atoms with Crippen LogP contribution in [0.3, 0.4) is 0 Å². The summed E-state index contributed by atoms with van der Waals surface area (Å²) in [6.45, 7) is 1.90. The lowest BCUT2D eigenvalue weighted by Crippen LogP contribution is -2.38. The highest BCUT2D eigenvalue weighted by Gasteiger charge is 2.41. The number of hydrogen-bond acceptors (Lipinski definition) is 6. The molecule has 11 heteroatoms. The maximum Gasteiger partial charge on any atom is 0.331 e. The Bertz CT molecular complexity index is 1560. The van der Waals surface area contributed by atoms with Crippen LogP contribution in [0.1, 0.15) is 25.3 Å². The lowest BCUT2D eigenvalue weighted by atomic mass is 10.2. The Hall–Kier alpha value is -2.76.